The fourth-order valence-corrected chi connectivity index (χ4v) is 4.35. The third-order valence-electron chi connectivity index (χ3n) is 3.97. The second kappa shape index (κ2) is 9.77. The van der Waals surface area contributed by atoms with Crippen LogP contribution in [0.25, 0.3) is 6.08 Å². The molecular weight excluding hydrogens is 426 g/mol. The maximum Gasteiger partial charge on any atom is 0.248 e. The number of carbonyl (C=O) groups is 1. The Balaban J connectivity index is 2.07. The molecule has 0 aromatic heterocycles. The van der Waals surface area contributed by atoms with E-state index in [9.17, 15) is 21.6 Å². The predicted molar refractivity (Wildman–Crippen MR) is 121 cm³/mol. The lowest BCUT2D eigenvalue weighted by Crippen LogP contribution is -2.17. The van der Waals surface area contributed by atoms with Crippen molar-refractivity contribution in [2.75, 3.05) is 26.8 Å². The average molecular weight is 452 g/mol. The number of sulfonamides is 2. The molecule has 1 amide bonds. The Bertz CT molecular complexity index is 1140. The second-order valence-corrected chi connectivity index (χ2v) is 10.3. The summed E-state index contributed by atoms with van der Waals surface area (Å²) in [6.07, 6.45) is 4.49. The molecule has 0 saturated carbocycles. The molecule has 0 heterocycles. The predicted octanol–water partition coefficient (Wildman–Crippen LogP) is 3.17. The minimum atomic E-state index is -3.43. The Hall–Kier alpha value is -2.85. The Morgan fingerprint density at radius 3 is 2.20 bits per heavy atom. The van der Waals surface area contributed by atoms with E-state index < -0.39 is 20.0 Å². The van der Waals surface area contributed by atoms with Gasteiger partial charge in [-0.15, -0.1) is 0 Å². The molecule has 8 nitrogen and oxygen atoms in total. The molecule has 0 fully saturated rings. The number of benzene rings is 2. The molecule has 0 aliphatic heterocycles. The van der Waals surface area contributed by atoms with E-state index in [0.717, 1.165) is 6.26 Å². The van der Waals surface area contributed by atoms with Gasteiger partial charge in [0.15, 0.2) is 0 Å². The third-order valence-corrected chi connectivity index (χ3v) is 6.05. The Morgan fingerprint density at radius 1 is 0.967 bits per heavy atom. The van der Waals surface area contributed by atoms with Gasteiger partial charge in [-0.25, -0.2) is 16.8 Å². The van der Waals surface area contributed by atoms with Gasteiger partial charge in [-0.2, -0.15) is 0 Å². The summed E-state index contributed by atoms with van der Waals surface area (Å²) < 4.78 is 51.3. The molecule has 30 heavy (non-hydrogen) atoms. The molecule has 0 bridgehead atoms. The van der Waals surface area contributed by atoms with Crippen molar-refractivity contribution in [1.29, 1.82) is 0 Å². The largest absolute Gasteiger partial charge is 0.322 e. The van der Waals surface area contributed by atoms with Gasteiger partial charge >= 0.3 is 0 Å². The van der Waals surface area contributed by atoms with Crippen LogP contribution in [0.15, 0.2) is 48.5 Å². The molecule has 3 N–H and O–H groups in total. The standard InChI is InChI=1S/C20H25N3O5S2/c1-4-14-30(27,28)23-19-7-5-6-18(15(19)2)21-20(24)13-10-16-8-11-17(12-9-16)22-29(3,25)26/h5-13,22-23H,4,14H2,1-3H3,(H,21,24)/b13-10+. The summed E-state index contributed by atoms with van der Waals surface area (Å²) in [6, 6.07) is 11.5. The van der Waals surface area contributed by atoms with Crippen molar-refractivity contribution >= 4 is 49.1 Å². The summed E-state index contributed by atoms with van der Waals surface area (Å²) in [6.45, 7) is 3.50. The van der Waals surface area contributed by atoms with Gasteiger partial charge < -0.3 is 5.32 Å². The summed E-state index contributed by atoms with van der Waals surface area (Å²) in [7, 11) is -6.78. The van der Waals surface area contributed by atoms with Crippen LogP contribution in [-0.2, 0) is 24.8 Å². The first-order valence-corrected chi connectivity index (χ1v) is 12.7. The highest BCUT2D eigenvalue weighted by Crippen LogP contribution is 2.24. The number of hydrogen-bond acceptors (Lipinski definition) is 5. The van der Waals surface area contributed by atoms with Crippen molar-refractivity contribution in [3.8, 4) is 0 Å². The first-order valence-electron chi connectivity index (χ1n) is 9.16. The first kappa shape index (κ1) is 23.4. The summed E-state index contributed by atoms with van der Waals surface area (Å²) in [4.78, 5) is 12.3. The van der Waals surface area contributed by atoms with Crippen molar-refractivity contribution in [2.24, 2.45) is 0 Å². The maximum atomic E-state index is 12.3. The van der Waals surface area contributed by atoms with E-state index in [4.69, 9.17) is 0 Å². The minimum absolute atomic E-state index is 0.0181. The number of rotatable bonds is 9. The fraction of sp³-hybridized carbons (Fsp3) is 0.250. The summed E-state index contributed by atoms with van der Waals surface area (Å²) >= 11 is 0. The topological polar surface area (TPSA) is 121 Å². The normalized spacial score (nSPS) is 12.0. The molecule has 2 rings (SSSR count). The van der Waals surface area contributed by atoms with E-state index in [-0.39, 0.29) is 11.7 Å². The molecule has 2 aromatic rings. The van der Waals surface area contributed by atoms with Gasteiger partial charge in [0.2, 0.25) is 26.0 Å². The summed E-state index contributed by atoms with van der Waals surface area (Å²) in [5.74, 6) is -0.366. The molecule has 0 saturated heterocycles. The first-order chi connectivity index (χ1) is 14.0. The smallest absolute Gasteiger partial charge is 0.248 e. The highest BCUT2D eigenvalue weighted by molar-refractivity contribution is 7.92. The zero-order chi connectivity index (χ0) is 22.4. The maximum absolute atomic E-state index is 12.3. The highest BCUT2D eigenvalue weighted by atomic mass is 32.2. The lowest BCUT2D eigenvalue weighted by molar-refractivity contribution is -0.111. The van der Waals surface area contributed by atoms with E-state index >= 15 is 0 Å². The van der Waals surface area contributed by atoms with Crippen LogP contribution in [0.4, 0.5) is 17.1 Å². The van der Waals surface area contributed by atoms with E-state index in [1.807, 2.05) is 0 Å². The molecule has 2 aromatic carbocycles. The lowest BCUT2D eigenvalue weighted by Gasteiger charge is -2.13. The average Bonchev–Trinajstić information content (AvgIpc) is 2.63. The monoisotopic (exact) mass is 451 g/mol. The molecule has 0 atom stereocenters. The van der Waals surface area contributed by atoms with Crippen molar-refractivity contribution in [3.63, 3.8) is 0 Å². The van der Waals surface area contributed by atoms with Crippen molar-refractivity contribution in [3.05, 3.63) is 59.7 Å². The van der Waals surface area contributed by atoms with Gasteiger partial charge in [0.05, 0.1) is 17.7 Å². The number of carbonyl (C=O) groups excluding carboxylic acids is 1. The Morgan fingerprint density at radius 2 is 1.60 bits per heavy atom. The summed E-state index contributed by atoms with van der Waals surface area (Å²) in [5, 5.41) is 2.73. The number of nitrogens with one attached hydrogen (secondary N) is 3. The van der Waals surface area contributed by atoms with Crippen LogP contribution in [0, 0.1) is 6.92 Å². The second-order valence-electron chi connectivity index (χ2n) is 6.72. The van der Waals surface area contributed by atoms with Gasteiger partial charge in [-0.3, -0.25) is 14.2 Å². The zero-order valence-corrected chi connectivity index (χ0v) is 18.6. The van der Waals surface area contributed by atoms with E-state index in [0.29, 0.717) is 34.6 Å². The fourth-order valence-electron chi connectivity index (χ4n) is 2.59. The Labute approximate surface area is 177 Å². The number of hydrogen-bond donors (Lipinski definition) is 3. The van der Waals surface area contributed by atoms with Crippen molar-refractivity contribution in [2.45, 2.75) is 20.3 Å². The molecule has 0 aliphatic carbocycles. The minimum Gasteiger partial charge on any atom is -0.322 e. The van der Waals surface area contributed by atoms with Crippen LogP contribution in [-0.4, -0.2) is 34.8 Å². The third kappa shape index (κ3) is 7.53. The van der Waals surface area contributed by atoms with Gasteiger partial charge in [-0.1, -0.05) is 25.1 Å². The van der Waals surface area contributed by atoms with Gasteiger partial charge in [0.1, 0.15) is 0 Å². The molecular formula is C20H25N3O5S2. The Kier molecular flexibility index (Phi) is 7.63. The van der Waals surface area contributed by atoms with E-state index in [2.05, 4.69) is 14.8 Å². The highest BCUT2D eigenvalue weighted by Gasteiger charge is 2.12. The molecule has 0 radical (unpaired) electrons. The number of anilines is 3. The SMILES string of the molecule is CCCS(=O)(=O)Nc1cccc(NC(=O)/C=C/c2ccc(NS(C)(=O)=O)cc2)c1C. The molecule has 0 aliphatic rings. The van der Waals surface area contributed by atoms with E-state index in [1.54, 1.807) is 62.4 Å². The molecule has 0 spiro atoms. The zero-order valence-electron chi connectivity index (χ0n) is 17.0. The molecule has 10 heteroatoms. The van der Waals surface area contributed by atoms with Crippen LogP contribution in [0.3, 0.4) is 0 Å². The molecule has 0 unspecified atom stereocenters. The van der Waals surface area contributed by atoms with Crippen molar-refractivity contribution < 1.29 is 21.6 Å². The number of amides is 1. The van der Waals surface area contributed by atoms with Crippen LogP contribution < -0.4 is 14.8 Å². The van der Waals surface area contributed by atoms with Gasteiger partial charge in [-0.05, 0) is 54.8 Å². The quantitative estimate of drug-likeness (QED) is 0.506. The van der Waals surface area contributed by atoms with Crippen LogP contribution in [0.2, 0.25) is 0 Å². The van der Waals surface area contributed by atoms with Gasteiger partial charge in [0.25, 0.3) is 0 Å². The van der Waals surface area contributed by atoms with Crippen LogP contribution >= 0.6 is 0 Å². The van der Waals surface area contributed by atoms with Gasteiger partial charge in [0, 0.05) is 17.5 Å². The summed E-state index contributed by atoms with van der Waals surface area (Å²) in [5.41, 5.74) is 2.66. The van der Waals surface area contributed by atoms with Crippen LogP contribution in [0.5, 0.6) is 0 Å². The molecule has 162 valence electrons. The van der Waals surface area contributed by atoms with Crippen molar-refractivity contribution in [1.82, 2.24) is 0 Å². The lowest BCUT2D eigenvalue weighted by atomic mass is 10.1. The van der Waals surface area contributed by atoms with E-state index in [1.165, 1.54) is 6.08 Å². The van der Waals surface area contributed by atoms with Crippen LogP contribution in [0.1, 0.15) is 24.5 Å².